The van der Waals surface area contributed by atoms with Gasteiger partial charge >= 0.3 is 0 Å². The van der Waals surface area contributed by atoms with E-state index in [0.717, 1.165) is 0 Å². The topological polar surface area (TPSA) is 41.5 Å². The second kappa shape index (κ2) is 4.82. The first-order chi connectivity index (χ1) is 5.11. The number of halogens is 1. The van der Waals surface area contributed by atoms with Gasteiger partial charge in [-0.2, -0.15) is 0 Å². The molecule has 4 heteroatoms. The van der Waals surface area contributed by atoms with Crippen molar-refractivity contribution in [3.63, 3.8) is 0 Å². The van der Waals surface area contributed by atoms with Gasteiger partial charge in [0.2, 0.25) is 0 Å². The third-order valence-electron chi connectivity index (χ3n) is 1.19. The van der Waals surface area contributed by atoms with Crippen molar-refractivity contribution in [1.29, 1.82) is 0 Å². The van der Waals surface area contributed by atoms with Gasteiger partial charge in [0.15, 0.2) is 0 Å². The van der Waals surface area contributed by atoms with Crippen molar-refractivity contribution in [2.75, 3.05) is 7.05 Å². The number of nitrogens with one attached hydrogen (secondary N) is 1. The number of carbonyl (C=O) groups excluding carboxylic acids is 1. The molecule has 0 spiro atoms. The van der Waals surface area contributed by atoms with E-state index < -0.39 is 5.91 Å². The van der Waals surface area contributed by atoms with Gasteiger partial charge in [-0.15, -0.1) is 0 Å². The van der Waals surface area contributed by atoms with Crippen LogP contribution in [0.1, 0.15) is 20.3 Å². The summed E-state index contributed by atoms with van der Waals surface area (Å²) in [6, 6.07) is 0. The van der Waals surface area contributed by atoms with Crippen LogP contribution >= 0.6 is 0 Å². The Morgan fingerprint density at radius 2 is 2.18 bits per heavy atom. The first kappa shape index (κ1) is 10.1. The Morgan fingerprint density at radius 3 is 2.45 bits per heavy atom. The highest BCUT2D eigenvalue weighted by Crippen LogP contribution is 2.01. The zero-order valence-electron chi connectivity index (χ0n) is 7.02. The molecule has 1 amide bonds. The smallest absolute Gasteiger partial charge is 0.268 e. The Labute approximate surface area is 65.6 Å². The maximum Gasteiger partial charge on any atom is 0.268 e. The average molecular weight is 160 g/mol. The first-order valence-corrected chi connectivity index (χ1v) is 3.51. The maximum absolute atomic E-state index is 11.8. The molecular formula is C7H13FN2O. The first-order valence-electron chi connectivity index (χ1n) is 3.51. The quantitative estimate of drug-likeness (QED) is 0.617. The molecule has 0 fully saturated rings. The third-order valence-corrected chi connectivity index (χ3v) is 1.19. The third kappa shape index (κ3) is 3.70. The van der Waals surface area contributed by atoms with Gasteiger partial charge in [-0.1, -0.05) is 23.5 Å². The molecule has 0 saturated carbocycles. The van der Waals surface area contributed by atoms with Crippen LogP contribution in [-0.2, 0) is 4.79 Å². The summed E-state index contributed by atoms with van der Waals surface area (Å²) >= 11 is 0. The Kier molecular flexibility index (Phi) is 4.41. The molecule has 0 atom stereocenters. The summed E-state index contributed by atoms with van der Waals surface area (Å²) in [5, 5.41) is 4.72. The summed E-state index contributed by atoms with van der Waals surface area (Å²) in [7, 11) is 1.45. The van der Waals surface area contributed by atoms with Gasteiger partial charge < -0.3 is 5.32 Å². The molecule has 0 aromatic rings. The number of carbonyl (C=O) groups is 1. The molecule has 0 aromatic heterocycles. The fourth-order valence-corrected chi connectivity index (χ4v) is 0.697. The van der Waals surface area contributed by atoms with E-state index in [1.165, 1.54) is 7.05 Å². The van der Waals surface area contributed by atoms with Crippen LogP contribution in [0.25, 0.3) is 0 Å². The van der Waals surface area contributed by atoms with Crippen molar-refractivity contribution in [2.45, 2.75) is 20.3 Å². The van der Waals surface area contributed by atoms with Crippen LogP contribution in [0.3, 0.4) is 0 Å². The van der Waals surface area contributed by atoms with Crippen LogP contribution in [0, 0.1) is 5.92 Å². The van der Waals surface area contributed by atoms with Crippen molar-refractivity contribution >= 4 is 11.6 Å². The number of rotatable bonds is 3. The van der Waals surface area contributed by atoms with Crippen molar-refractivity contribution in [3.05, 3.63) is 0 Å². The monoisotopic (exact) mass is 160 g/mol. The summed E-state index contributed by atoms with van der Waals surface area (Å²) in [5.41, 5.74) is -0.0394. The molecule has 0 aliphatic carbocycles. The Bertz CT molecular complexity index is 166. The highest BCUT2D eigenvalue weighted by atomic mass is 19.2. The molecule has 0 unspecified atom stereocenters. The van der Waals surface area contributed by atoms with Gasteiger partial charge in [0, 0.05) is 13.5 Å². The molecule has 0 radical (unpaired) electrons. The van der Waals surface area contributed by atoms with Crippen LogP contribution in [-0.4, -0.2) is 18.7 Å². The summed E-state index contributed by atoms with van der Waals surface area (Å²) in [5.74, 6) is -0.206. The normalized spacial score (nSPS) is 11.9. The minimum atomic E-state index is -0.443. The minimum Gasteiger partial charge on any atom is -0.354 e. The van der Waals surface area contributed by atoms with Crippen molar-refractivity contribution < 1.29 is 9.28 Å². The second-order valence-electron chi connectivity index (χ2n) is 2.71. The van der Waals surface area contributed by atoms with Gasteiger partial charge in [-0.3, -0.25) is 4.79 Å². The zero-order valence-corrected chi connectivity index (χ0v) is 7.02. The van der Waals surface area contributed by atoms with Gasteiger partial charge in [0.25, 0.3) is 5.91 Å². The Balaban J connectivity index is 4.09. The fourth-order valence-electron chi connectivity index (χ4n) is 0.697. The van der Waals surface area contributed by atoms with E-state index in [1.54, 1.807) is 0 Å². The number of nitrogens with zero attached hydrogens (tertiary/aromatic N) is 1. The van der Waals surface area contributed by atoms with Gasteiger partial charge in [0.1, 0.15) is 5.71 Å². The van der Waals surface area contributed by atoms with Gasteiger partial charge in [-0.05, 0) is 5.92 Å². The van der Waals surface area contributed by atoms with Gasteiger partial charge in [0.05, 0.1) is 0 Å². The van der Waals surface area contributed by atoms with Gasteiger partial charge in [-0.25, -0.2) is 0 Å². The standard InChI is InChI=1S/C7H13FN2O/c1-5(2)4-6(10-8)7(11)9-3/h5H,4H2,1-3H3,(H,9,11). The predicted molar refractivity (Wildman–Crippen MR) is 42.1 cm³/mol. The highest BCUT2D eigenvalue weighted by molar-refractivity contribution is 6.38. The van der Waals surface area contributed by atoms with Crippen molar-refractivity contribution in [3.8, 4) is 0 Å². The Hall–Kier alpha value is -0.930. The van der Waals surface area contributed by atoms with Crippen molar-refractivity contribution in [1.82, 2.24) is 5.32 Å². The van der Waals surface area contributed by atoms with E-state index in [-0.39, 0.29) is 11.6 Å². The van der Waals surface area contributed by atoms with E-state index in [9.17, 15) is 9.28 Å². The summed E-state index contributed by atoms with van der Waals surface area (Å²) < 4.78 is 11.8. The molecule has 0 heterocycles. The summed E-state index contributed by atoms with van der Waals surface area (Å²) in [6.07, 6.45) is 0.371. The van der Waals surface area contributed by atoms with Crippen molar-refractivity contribution in [2.24, 2.45) is 11.1 Å². The number of amides is 1. The molecule has 0 aliphatic heterocycles. The van der Waals surface area contributed by atoms with Crippen LogP contribution < -0.4 is 5.32 Å². The molecule has 64 valence electrons. The Morgan fingerprint density at radius 1 is 1.64 bits per heavy atom. The number of hydrogen-bond acceptors (Lipinski definition) is 2. The van der Waals surface area contributed by atoms with Crippen LogP contribution in [0.2, 0.25) is 0 Å². The molecule has 11 heavy (non-hydrogen) atoms. The molecule has 1 N–H and O–H groups in total. The van der Waals surface area contributed by atoms with E-state index in [0.29, 0.717) is 6.42 Å². The SMILES string of the molecule is CNC(=O)C(CC(C)C)=NF. The number of hydrogen-bond donors (Lipinski definition) is 1. The average Bonchev–Trinajstić information content (AvgIpc) is 1.98. The molecule has 0 aromatic carbocycles. The lowest BCUT2D eigenvalue weighted by atomic mass is 10.1. The lowest BCUT2D eigenvalue weighted by Crippen LogP contribution is -2.28. The van der Waals surface area contributed by atoms with Crippen LogP contribution in [0.5, 0.6) is 0 Å². The summed E-state index contributed by atoms with van der Waals surface area (Å²) in [6.45, 7) is 3.79. The van der Waals surface area contributed by atoms with E-state index in [4.69, 9.17) is 0 Å². The molecular weight excluding hydrogens is 147 g/mol. The fraction of sp³-hybridized carbons (Fsp3) is 0.714. The zero-order chi connectivity index (χ0) is 8.85. The minimum absolute atomic E-state index is 0.0394. The molecule has 0 rings (SSSR count). The van der Waals surface area contributed by atoms with E-state index >= 15 is 0 Å². The van der Waals surface area contributed by atoms with Crippen LogP contribution in [0.4, 0.5) is 4.48 Å². The lowest BCUT2D eigenvalue weighted by Gasteiger charge is -2.04. The molecule has 0 bridgehead atoms. The molecule has 0 aliphatic rings. The van der Waals surface area contributed by atoms with Crippen LogP contribution in [0.15, 0.2) is 5.21 Å². The lowest BCUT2D eigenvalue weighted by molar-refractivity contribution is -0.114. The predicted octanol–water partition coefficient (Wildman–Crippen LogP) is 1.10. The maximum atomic E-state index is 11.8. The molecule has 3 nitrogen and oxygen atoms in total. The molecule has 0 saturated heterocycles. The largest absolute Gasteiger partial charge is 0.354 e. The van der Waals surface area contributed by atoms with E-state index in [1.807, 2.05) is 13.8 Å². The summed E-state index contributed by atoms with van der Waals surface area (Å²) in [4.78, 5) is 10.8. The van der Waals surface area contributed by atoms with E-state index in [2.05, 4.69) is 10.5 Å². The second-order valence-corrected chi connectivity index (χ2v) is 2.71. The highest BCUT2D eigenvalue weighted by Gasteiger charge is 2.11.